The molecule has 1 amide bonds. The van der Waals surface area contributed by atoms with Crippen LogP contribution in [0.3, 0.4) is 0 Å². The number of thioether (sulfide) groups is 1. The van der Waals surface area contributed by atoms with Crippen LogP contribution in [0.2, 0.25) is 0 Å². The summed E-state index contributed by atoms with van der Waals surface area (Å²) in [5, 5.41) is 12.6. The van der Waals surface area contributed by atoms with Gasteiger partial charge in [0, 0.05) is 11.9 Å². The van der Waals surface area contributed by atoms with Crippen LogP contribution in [0, 0.1) is 6.92 Å². The smallest absolute Gasteiger partial charge is 0.341 e. The lowest BCUT2D eigenvalue weighted by molar-refractivity contribution is -0.113. The van der Waals surface area contributed by atoms with Gasteiger partial charge < -0.3 is 19.4 Å². The minimum absolute atomic E-state index is 0.143. The molecule has 1 aliphatic carbocycles. The van der Waals surface area contributed by atoms with E-state index in [1.54, 1.807) is 6.92 Å². The van der Waals surface area contributed by atoms with Gasteiger partial charge in [-0.15, -0.1) is 21.5 Å². The first-order chi connectivity index (χ1) is 16.4. The van der Waals surface area contributed by atoms with E-state index in [0.717, 1.165) is 41.0 Å². The van der Waals surface area contributed by atoms with Crippen LogP contribution in [0.25, 0.3) is 0 Å². The second kappa shape index (κ2) is 10.6. The molecule has 2 heterocycles. The monoisotopic (exact) mass is 500 g/mol. The number of nitrogens with one attached hydrogen (secondary N) is 1. The number of aromatic nitrogens is 3. The van der Waals surface area contributed by atoms with Gasteiger partial charge in [-0.2, -0.15) is 0 Å². The molecule has 34 heavy (non-hydrogen) atoms. The van der Waals surface area contributed by atoms with Gasteiger partial charge in [0.15, 0.2) is 17.1 Å². The Morgan fingerprint density at radius 3 is 2.82 bits per heavy atom. The Morgan fingerprint density at radius 1 is 1.26 bits per heavy atom. The summed E-state index contributed by atoms with van der Waals surface area (Å²) in [4.78, 5) is 26.4. The van der Waals surface area contributed by atoms with Gasteiger partial charge in [0.25, 0.3) is 0 Å². The lowest BCUT2D eigenvalue weighted by Gasteiger charge is -2.15. The van der Waals surface area contributed by atoms with Crippen molar-refractivity contribution in [2.45, 2.75) is 51.3 Å². The Morgan fingerprint density at radius 2 is 2.06 bits per heavy atom. The number of nitrogens with zero attached hydrogens (tertiary/aromatic N) is 3. The van der Waals surface area contributed by atoms with Crippen LogP contribution in [0.5, 0.6) is 5.75 Å². The van der Waals surface area contributed by atoms with E-state index >= 15 is 0 Å². The summed E-state index contributed by atoms with van der Waals surface area (Å²) in [5.41, 5.74) is 2.58. The molecule has 1 N–H and O–H groups in total. The standard InChI is InChI=1S/C24H28N4O4S2/c1-5-31-23(30)20-16-10-8-12-18(16)34-22(20)25-19(29)13-33-24-27-26-21(28(24)4)15(3)32-17-11-7-6-9-14(17)2/h6-7,9,11,15H,5,8,10,12-13H2,1-4H3,(H,25,29). The highest BCUT2D eigenvalue weighted by Crippen LogP contribution is 2.39. The predicted octanol–water partition coefficient (Wildman–Crippen LogP) is 4.72. The Hall–Kier alpha value is -2.85. The fourth-order valence-corrected chi connectivity index (χ4v) is 5.95. The molecule has 0 saturated carbocycles. The summed E-state index contributed by atoms with van der Waals surface area (Å²) in [7, 11) is 1.86. The quantitative estimate of drug-likeness (QED) is 0.335. The van der Waals surface area contributed by atoms with E-state index in [1.165, 1.54) is 23.1 Å². The zero-order chi connectivity index (χ0) is 24.2. The van der Waals surface area contributed by atoms with Crippen molar-refractivity contribution in [1.82, 2.24) is 14.8 Å². The second-order valence-electron chi connectivity index (χ2n) is 8.04. The number of thiophene rings is 1. The summed E-state index contributed by atoms with van der Waals surface area (Å²) >= 11 is 2.76. The van der Waals surface area contributed by atoms with Crippen molar-refractivity contribution in [2.24, 2.45) is 7.05 Å². The molecule has 0 aliphatic heterocycles. The third-order valence-corrected chi connectivity index (χ3v) is 7.84. The molecule has 1 aromatic carbocycles. The van der Waals surface area contributed by atoms with E-state index < -0.39 is 0 Å². The molecule has 4 rings (SSSR count). The van der Waals surface area contributed by atoms with Crippen molar-refractivity contribution in [3.05, 3.63) is 51.7 Å². The zero-order valence-corrected chi connectivity index (χ0v) is 21.3. The number of ether oxygens (including phenoxy) is 2. The van der Waals surface area contributed by atoms with Crippen molar-refractivity contribution < 1.29 is 19.1 Å². The van der Waals surface area contributed by atoms with Crippen molar-refractivity contribution in [3.63, 3.8) is 0 Å². The highest BCUT2D eigenvalue weighted by atomic mass is 32.2. The Bertz CT molecular complexity index is 1200. The van der Waals surface area contributed by atoms with Crippen LogP contribution in [-0.2, 0) is 29.4 Å². The maximum absolute atomic E-state index is 12.7. The molecule has 1 unspecified atom stereocenters. The van der Waals surface area contributed by atoms with Gasteiger partial charge in [0.2, 0.25) is 5.91 Å². The molecule has 180 valence electrons. The number of amides is 1. The molecule has 0 saturated heterocycles. The predicted molar refractivity (Wildman–Crippen MR) is 133 cm³/mol. The number of hydrogen-bond donors (Lipinski definition) is 1. The average Bonchev–Trinajstić information content (AvgIpc) is 3.48. The lowest BCUT2D eigenvalue weighted by Crippen LogP contribution is -2.17. The molecule has 1 atom stereocenters. The highest BCUT2D eigenvalue weighted by Gasteiger charge is 2.28. The molecule has 3 aromatic rings. The molecule has 2 aromatic heterocycles. The molecule has 8 nitrogen and oxygen atoms in total. The largest absolute Gasteiger partial charge is 0.482 e. The number of carbonyl (C=O) groups excluding carboxylic acids is 2. The van der Waals surface area contributed by atoms with Crippen LogP contribution in [0.15, 0.2) is 29.4 Å². The van der Waals surface area contributed by atoms with Crippen LogP contribution in [0.1, 0.15) is 58.6 Å². The van der Waals surface area contributed by atoms with E-state index in [9.17, 15) is 9.59 Å². The van der Waals surface area contributed by atoms with Gasteiger partial charge in [0.05, 0.1) is 17.9 Å². The van der Waals surface area contributed by atoms with E-state index in [1.807, 2.05) is 49.7 Å². The molecule has 0 radical (unpaired) electrons. The number of hydrogen-bond acceptors (Lipinski definition) is 8. The SMILES string of the molecule is CCOC(=O)c1c(NC(=O)CSc2nnc(C(C)Oc3ccccc3C)n2C)sc2c1CCC2. The molecule has 0 bridgehead atoms. The third-order valence-electron chi connectivity index (χ3n) is 5.62. The fraction of sp³-hybridized carbons (Fsp3) is 0.417. The maximum Gasteiger partial charge on any atom is 0.341 e. The number of carbonyl (C=O) groups is 2. The van der Waals surface area contributed by atoms with Crippen molar-refractivity contribution in [1.29, 1.82) is 0 Å². The summed E-state index contributed by atoms with van der Waals surface area (Å²) in [6, 6.07) is 7.82. The summed E-state index contributed by atoms with van der Waals surface area (Å²) < 4.78 is 13.1. The topological polar surface area (TPSA) is 95.3 Å². The minimum Gasteiger partial charge on any atom is -0.482 e. The number of fused-ring (bicyclic) bond motifs is 1. The van der Waals surface area contributed by atoms with E-state index in [2.05, 4.69) is 15.5 Å². The third kappa shape index (κ3) is 5.12. The van der Waals surface area contributed by atoms with Crippen LogP contribution >= 0.6 is 23.1 Å². The molecular weight excluding hydrogens is 472 g/mol. The number of anilines is 1. The summed E-state index contributed by atoms with van der Waals surface area (Å²) in [5.74, 6) is 1.04. The lowest BCUT2D eigenvalue weighted by atomic mass is 10.1. The van der Waals surface area contributed by atoms with Crippen LogP contribution in [-0.4, -0.2) is 39.0 Å². The fourth-order valence-electron chi connectivity index (χ4n) is 3.94. The number of rotatable bonds is 9. The van der Waals surface area contributed by atoms with E-state index in [4.69, 9.17) is 9.47 Å². The summed E-state index contributed by atoms with van der Waals surface area (Å²) in [6.07, 6.45) is 2.50. The maximum atomic E-state index is 12.7. The average molecular weight is 501 g/mol. The Balaban J connectivity index is 1.39. The Labute approximate surface area is 207 Å². The molecular formula is C24H28N4O4S2. The highest BCUT2D eigenvalue weighted by molar-refractivity contribution is 7.99. The van der Waals surface area contributed by atoms with Gasteiger partial charge >= 0.3 is 5.97 Å². The van der Waals surface area contributed by atoms with Gasteiger partial charge in [-0.3, -0.25) is 4.79 Å². The van der Waals surface area contributed by atoms with Gasteiger partial charge in [-0.25, -0.2) is 4.79 Å². The Kier molecular flexibility index (Phi) is 7.57. The number of aryl methyl sites for hydroxylation is 2. The van der Waals surface area contributed by atoms with Crippen molar-refractivity contribution in [2.75, 3.05) is 17.7 Å². The van der Waals surface area contributed by atoms with Gasteiger partial charge in [0.1, 0.15) is 10.8 Å². The first kappa shape index (κ1) is 24.3. The van der Waals surface area contributed by atoms with E-state index in [0.29, 0.717) is 28.2 Å². The van der Waals surface area contributed by atoms with Gasteiger partial charge in [-0.05, 0) is 57.2 Å². The summed E-state index contributed by atoms with van der Waals surface area (Å²) in [6.45, 7) is 5.99. The van der Waals surface area contributed by atoms with Gasteiger partial charge in [-0.1, -0.05) is 30.0 Å². The number of esters is 1. The number of para-hydroxylation sites is 1. The first-order valence-corrected chi connectivity index (χ1v) is 13.0. The first-order valence-electron chi connectivity index (χ1n) is 11.2. The molecule has 10 heteroatoms. The van der Waals surface area contributed by atoms with Crippen molar-refractivity contribution in [3.8, 4) is 5.75 Å². The number of benzene rings is 1. The molecule has 0 spiro atoms. The van der Waals surface area contributed by atoms with Crippen LogP contribution < -0.4 is 10.1 Å². The minimum atomic E-state index is -0.370. The molecule has 1 aliphatic rings. The van der Waals surface area contributed by atoms with Crippen LogP contribution in [0.4, 0.5) is 5.00 Å². The normalized spacial score (nSPS) is 13.4. The second-order valence-corrected chi connectivity index (χ2v) is 10.1. The van der Waals surface area contributed by atoms with E-state index in [-0.39, 0.29) is 23.7 Å². The van der Waals surface area contributed by atoms with Crippen molar-refractivity contribution >= 4 is 40.0 Å². The zero-order valence-electron chi connectivity index (χ0n) is 19.7. The molecule has 0 fully saturated rings.